The molecule has 1 saturated heterocycles. The van der Waals surface area contributed by atoms with Gasteiger partial charge in [-0.1, -0.05) is 12.1 Å². The van der Waals surface area contributed by atoms with Crippen molar-refractivity contribution in [2.75, 3.05) is 13.7 Å². The summed E-state index contributed by atoms with van der Waals surface area (Å²) in [6.07, 6.45) is 4.08. The second-order valence-electron chi connectivity index (χ2n) is 4.70. The van der Waals surface area contributed by atoms with Gasteiger partial charge >= 0.3 is 0 Å². The van der Waals surface area contributed by atoms with E-state index >= 15 is 0 Å². The van der Waals surface area contributed by atoms with Crippen LogP contribution in [0.4, 0.5) is 8.78 Å². The molecule has 2 nitrogen and oxygen atoms in total. The molecule has 2 atom stereocenters. The first-order valence-corrected chi connectivity index (χ1v) is 6.45. The average molecular weight is 255 g/mol. The van der Waals surface area contributed by atoms with Crippen LogP contribution >= 0.6 is 0 Å². The summed E-state index contributed by atoms with van der Waals surface area (Å²) >= 11 is 0. The quantitative estimate of drug-likeness (QED) is 0.872. The van der Waals surface area contributed by atoms with E-state index in [1.165, 1.54) is 0 Å². The molecule has 1 fully saturated rings. The van der Waals surface area contributed by atoms with Crippen LogP contribution in [0, 0.1) is 11.6 Å². The van der Waals surface area contributed by atoms with Gasteiger partial charge in [0.15, 0.2) is 11.6 Å². The Morgan fingerprint density at radius 2 is 2.28 bits per heavy atom. The minimum atomic E-state index is -0.787. The molecule has 1 aromatic rings. The van der Waals surface area contributed by atoms with Crippen LogP contribution in [-0.4, -0.2) is 19.8 Å². The number of benzene rings is 1. The van der Waals surface area contributed by atoms with Crippen LogP contribution in [0.2, 0.25) is 0 Å². The monoisotopic (exact) mass is 255 g/mol. The third kappa shape index (κ3) is 3.06. The highest BCUT2D eigenvalue weighted by Crippen LogP contribution is 2.26. The molecule has 1 heterocycles. The average Bonchev–Trinajstić information content (AvgIpc) is 2.88. The highest BCUT2D eigenvalue weighted by Gasteiger charge is 2.20. The SMILES string of the molecule is CNC(CCC1CCCO1)c1cccc(F)c1F. The molecule has 1 aliphatic rings. The van der Waals surface area contributed by atoms with Crippen LogP contribution in [0.5, 0.6) is 0 Å². The minimum absolute atomic E-state index is 0.162. The lowest BCUT2D eigenvalue weighted by Crippen LogP contribution is -2.20. The molecule has 1 aliphatic heterocycles. The van der Waals surface area contributed by atoms with Gasteiger partial charge in [-0.05, 0) is 38.8 Å². The van der Waals surface area contributed by atoms with Crippen LogP contribution in [-0.2, 0) is 4.74 Å². The molecule has 0 amide bonds. The van der Waals surface area contributed by atoms with E-state index in [0.29, 0.717) is 5.56 Å². The van der Waals surface area contributed by atoms with E-state index < -0.39 is 11.6 Å². The van der Waals surface area contributed by atoms with E-state index in [9.17, 15) is 8.78 Å². The van der Waals surface area contributed by atoms with Gasteiger partial charge in [0.2, 0.25) is 0 Å². The number of hydrogen-bond acceptors (Lipinski definition) is 2. The van der Waals surface area contributed by atoms with Crippen LogP contribution in [0.25, 0.3) is 0 Å². The van der Waals surface area contributed by atoms with Crippen molar-refractivity contribution in [2.24, 2.45) is 0 Å². The predicted octanol–water partition coefficient (Wildman–Crippen LogP) is 3.18. The maximum absolute atomic E-state index is 13.7. The molecule has 0 aromatic heterocycles. The van der Waals surface area contributed by atoms with Gasteiger partial charge in [0.1, 0.15) is 0 Å². The van der Waals surface area contributed by atoms with Crippen molar-refractivity contribution in [1.82, 2.24) is 5.32 Å². The topological polar surface area (TPSA) is 21.3 Å². The summed E-state index contributed by atoms with van der Waals surface area (Å²) < 4.78 is 32.4. The van der Waals surface area contributed by atoms with Crippen molar-refractivity contribution in [3.63, 3.8) is 0 Å². The number of ether oxygens (including phenoxy) is 1. The Balaban J connectivity index is 2.00. The summed E-state index contributed by atoms with van der Waals surface area (Å²) in [6, 6.07) is 4.16. The summed E-state index contributed by atoms with van der Waals surface area (Å²) in [5, 5.41) is 3.05. The van der Waals surface area contributed by atoms with Gasteiger partial charge < -0.3 is 10.1 Å². The first-order valence-electron chi connectivity index (χ1n) is 6.45. The molecule has 18 heavy (non-hydrogen) atoms. The molecule has 2 rings (SSSR count). The van der Waals surface area contributed by atoms with Gasteiger partial charge in [0.25, 0.3) is 0 Å². The summed E-state index contributed by atoms with van der Waals surface area (Å²) in [4.78, 5) is 0. The fourth-order valence-electron chi connectivity index (χ4n) is 2.47. The van der Waals surface area contributed by atoms with Crippen LogP contribution < -0.4 is 5.32 Å². The highest BCUT2D eigenvalue weighted by molar-refractivity contribution is 5.22. The lowest BCUT2D eigenvalue weighted by Gasteiger charge is -2.19. The third-order valence-electron chi connectivity index (χ3n) is 3.51. The van der Waals surface area contributed by atoms with Crippen molar-refractivity contribution in [3.8, 4) is 0 Å². The van der Waals surface area contributed by atoms with E-state index in [4.69, 9.17) is 4.74 Å². The molecule has 0 saturated carbocycles. The first kappa shape index (κ1) is 13.4. The summed E-state index contributed by atoms with van der Waals surface area (Å²) in [7, 11) is 1.77. The Kier molecular flexibility index (Phi) is 4.66. The maximum Gasteiger partial charge on any atom is 0.163 e. The predicted molar refractivity (Wildman–Crippen MR) is 66.4 cm³/mol. The normalized spacial score (nSPS) is 21.2. The molecule has 0 spiro atoms. The Hall–Kier alpha value is -1.00. The molecule has 1 aromatic carbocycles. The number of rotatable bonds is 5. The lowest BCUT2D eigenvalue weighted by molar-refractivity contribution is 0.0997. The van der Waals surface area contributed by atoms with E-state index in [-0.39, 0.29) is 12.1 Å². The number of halogens is 2. The van der Waals surface area contributed by atoms with Crippen molar-refractivity contribution in [2.45, 2.75) is 37.8 Å². The van der Waals surface area contributed by atoms with Gasteiger partial charge in [-0.25, -0.2) is 8.78 Å². The van der Waals surface area contributed by atoms with Crippen molar-refractivity contribution < 1.29 is 13.5 Å². The smallest absolute Gasteiger partial charge is 0.163 e. The summed E-state index contributed by atoms with van der Waals surface area (Å²) in [6.45, 7) is 0.823. The Morgan fingerprint density at radius 3 is 2.94 bits per heavy atom. The Morgan fingerprint density at radius 1 is 1.44 bits per heavy atom. The summed E-state index contributed by atoms with van der Waals surface area (Å²) in [5.74, 6) is -1.53. The number of nitrogens with one attached hydrogen (secondary N) is 1. The van der Waals surface area contributed by atoms with Crippen LogP contribution in [0.15, 0.2) is 18.2 Å². The van der Waals surface area contributed by atoms with Gasteiger partial charge in [-0.2, -0.15) is 0 Å². The Bertz CT molecular complexity index is 391. The highest BCUT2D eigenvalue weighted by atomic mass is 19.2. The second kappa shape index (κ2) is 6.25. The first-order chi connectivity index (χ1) is 8.72. The standard InChI is InChI=1S/C14H19F2NO/c1-17-13(8-7-10-4-3-9-18-10)11-5-2-6-12(15)14(11)16/h2,5-6,10,13,17H,3-4,7-9H2,1H3. The van der Waals surface area contributed by atoms with E-state index in [0.717, 1.165) is 38.4 Å². The van der Waals surface area contributed by atoms with E-state index in [2.05, 4.69) is 5.32 Å². The van der Waals surface area contributed by atoms with Gasteiger partial charge in [-0.15, -0.1) is 0 Å². The van der Waals surface area contributed by atoms with Gasteiger partial charge in [-0.3, -0.25) is 0 Å². The van der Waals surface area contributed by atoms with Crippen LogP contribution in [0.3, 0.4) is 0 Å². The fraction of sp³-hybridized carbons (Fsp3) is 0.571. The van der Waals surface area contributed by atoms with Crippen LogP contribution in [0.1, 0.15) is 37.3 Å². The van der Waals surface area contributed by atoms with Gasteiger partial charge in [0, 0.05) is 18.2 Å². The van der Waals surface area contributed by atoms with Crippen molar-refractivity contribution >= 4 is 0 Å². The molecular formula is C14H19F2NO. The summed E-state index contributed by atoms with van der Waals surface area (Å²) in [5.41, 5.74) is 0.399. The molecule has 4 heteroatoms. The van der Waals surface area contributed by atoms with Crippen molar-refractivity contribution in [3.05, 3.63) is 35.4 Å². The van der Waals surface area contributed by atoms with Gasteiger partial charge in [0.05, 0.1) is 6.10 Å². The lowest BCUT2D eigenvalue weighted by atomic mass is 9.99. The minimum Gasteiger partial charge on any atom is -0.378 e. The number of hydrogen-bond donors (Lipinski definition) is 1. The third-order valence-corrected chi connectivity index (χ3v) is 3.51. The van der Waals surface area contributed by atoms with Crippen molar-refractivity contribution in [1.29, 1.82) is 0 Å². The largest absolute Gasteiger partial charge is 0.378 e. The zero-order valence-corrected chi connectivity index (χ0v) is 10.6. The molecule has 0 bridgehead atoms. The zero-order chi connectivity index (χ0) is 13.0. The fourth-order valence-corrected chi connectivity index (χ4v) is 2.47. The molecule has 2 unspecified atom stereocenters. The molecule has 1 N–H and O–H groups in total. The van der Waals surface area contributed by atoms with E-state index in [1.54, 1.807) is 19.2 Å². The molecule has 0 aliphatic carbocycles. The Labute approximate surface area is 106 Å². The maximum atomic E-state index is 13.7. The zero-order valence-electron chi connectivity index (χ0n) is 10.6. The van der Waals surface area contributed by atoms with E-state index in [1.807, 2.05) is 0 Å². The molecule has 100 valence electrons. The molecule has 0 radical (unpaired) electrons. The molecular weight excluding hydrogens is 236 g/mol. The second-order valence-corrected chi connectivity index (χ2v) is 4.70.